The van der Waals surface area contributed by atoms with Crippen LogP contribution in [-0.2, 0) is 16.1 Å². The summed E-state index contributed by atoms with van der Waals surface area (Å²) >= 11 is 0. The van der Waals surface area contributed by atoms with Crippen molar-refractivity contribution in [2.24, 2.45) is 5.41 Å². The molecule has 1 unspecified atom stereocenters. The Morgan fingerprint density at radius 1 is 1.18 bits per heavy atom. The van der Waals surface area contributed by atoms with Gasteiger partial charge in [-0.25, -0.2) is 0 Å². The van der Waals surface area contributed by atoms with E-state index < -0.39 is 11.9 Å². The van der Waals surface area contributed by atoms with E-state index in [0.29, 0.717) is 17.5 Å². The molecule has 0 bridgehead atoms. The number of carbonyl (C=O) groups excluding carboxylic acids is 4. The molecular weight excluding hydrogens is 360 g/mol. The van der Waals surface area contributed by atoms with E-state index in [9.17, 15) is 19.2 Å². The van der Waals surface area contributed by atoms with Crippen LogP contribution in [0.25, 0.3) is 0 Å². The number of benzene rings is 1. The lowest BCUT2D eigenvalue weighted by atomic mass is 9.81. The summed E-state index contributed by atoms with van der Waals surface area (Å²) in [5.41, 5.74) is 2.12. The molecule has 1 aromatic carbocycles. The Hall–Kier alpha value is -2.74. The van der Waals surface area contributed by atoms with E-state index in [1.165, 1.54) is 4.90 Å². The zero-order valence-electron chi connectivity index (χ0n) is 15.5. The normalized spacial score (nSPS) is 25.7. The Morgan fingerprint density at radius 2 is 2.00 bits per heavy atom. The van der Waals surface area contributed by atoms with Crippen LogP contribution in [0.15, 0.2) is 18.2 Å². The van der Waals surface area contributed by atoms with Crippen molar-refractivity contribution >= 4 is 23.6 Å². The zero-order valence-corrected chi connectivity index (χ0v) is 15.5. The molecule has 146 valence electrons. The summed E-state index contributed by atoms with van der Waals surface area (Å²) in [5.74, 6) is -0.948. The van der Waals surface area contributed by atoms with Crippen LogP contribution < -0.4 is 10.6 Å². The van der Waals surface area contributed by atoms with Gasteiger partial charge in [-0.15, -0.1) is 0 Å². The number of hydrogen-bond donors (Lipinski definition) is 2. The number of piperidine rings is 1. The second kappa shape index (κ2) is 6.13. The number of imide groups is 1. The van der Waals surface area contributed by atoms with Crippen molar-refractivity contribution in [2.45, 2.75) is 31.8 Å². The third-order valence-corrected chi connectivity index (χ3v) is 6.50. The lowest BCUT2D eigenvalue weighted by Crippen LogP contribution is -2.55. The van der Waals surface area contributed by atoms with Gasteiger partial charge in [-0.05, 0) is 36.6 Å². The van der Waals surface area contributed by atoms with Gasteiger partial charge in [0, 0.05) is 55.7 Å². The Morgan fingerprint density at radius 3 is 2.68 bits per heavy atom. The first-order valence-electron chi connectivity index (χ1n) is 9.73. The highest BCUT2D eigenvalue weighted by Crippen LogP contribution is 2.35. The van der Waals surface area contributed by atoms with Gasteiger partial charge in [0.2, 0.25) is 11.8 Å². The van der Waals surface area contributed by atoms with Gasteiger partial charge in [0.15, 0.2) is 0 Å². The van der Waals surface area contributed by atoms with E-state index in [1.54, 1.807) is 18.2 Å². The van der Waals surface area contributed by atoms with Crippen molar-refractivity contribution in [1.82, 2.24) is 20.4 Å². The van der Waals surface area contributed by atoms with Gasteiger partial charge in [0.05, 0.1) is 0 Å². The highest BCUT2D eigenvalue weighted by molar-refractivity contribution is 6.06. The van der Waals surface area contributed by atoms with Crippen molar-refractivity contribution in [3.63, 3.8) is 0 Å². The molecule has 0 aromatic heterocycles. The summed E-state index contributed by atoms with van der Waals surface area (Å²) in [6.07, 6.45) is 1.59. The molecule has 0 saturated carbocycles. The summed E-state index contributed by atoms with van der Waals surface area (Å²) in [6.45, 7) is 3.76. The van der Waals surface area contributed by atoms with Gasteiger partial charge < -0.3 is 15.1 Å². The third-order valence-electron chi connectivity index (χ3n) is 6.50. The van der Waals surface area contributed by atoms with Crippen LogP contribution in [0.2, 0.25) is 0 Å². The highest BCUT2D eigenvalue weighted by Gasteiger charge is 2.45. The predicted octanol–water partition coefficient (Wildman–Crippen LogP) is -0.117. The zero-order chi connectivity index (χ0) is 19.5. The van der Waals surface area contributed by atoms with Crippen LogP contribution in [0.4, 0.5) is 0 Å². The molecule has 8 heteroatoms. The molecule has 8 nitrogen and oxygen atoms in total. The smallest absolute Gasteiger partial charge is 0.255 e. The van der Waals surface area contributed by atoms with Crippen LogP contribution in [0.3, 0.4) is 0 Å². The molecule has 2 N–H and O–H groups in total. The first-order chi connectivity index (χ1) is 13.5. The van der Waals surface area contributed by atoms with E-state index in [-0.39, 0.29) is 36.1 Å². The van der Waals surface area contributed by atoms with Crippen LogP contribution in [-0.4, -0.2) is 65.6 Å². The molecule has 0 aliphatic carbocycles. The van der Waals surface area contributed by atoms with Gasteiger partial charge in [-0.3, -0.25) is 24.5 Å². The maximum atomic E-state index is 12.9. The number of nitrogens with one attached hydrogen (secondary N) is 2. The van der Waals surface area contributed by atoms with E-state index in [4.69, 9.17) is 0 Å². The van der Waals surface area contributed by atoms with Crippen LogP contribution >= 0.6 is 0 Å². The number of rotatable bonds is 2. The quantitative estimate of drug-likeness (QED) is 0.695. The van der Waals surface area contributed by atoms with E-state index in [1.807, 2.05) is 4.90 Å². The molecule has 3 saturated heterocycles. The molecule has 4 heterocycles. The predicted molar refractivity (Wildman–Crippen MR) is 98.3 cm³/mol. The van der Waals surface area contributed by atoms with Crippen molar-refractivity contribution in [3.8, 4) is 0 Å². The van der Waals surface area contributed by atoms with Gasteiger partial charge in [-0.2, -0.15) is 0 Å². The number of hydrogen-bond acceptors (Lipinski definition) is 5. The number of carbonyl (C=O) groups is 4. The van der Waals surface area contributed by atoms with Gasteiger partial charge in [-0.1, -0.05) is 0 Å². The van der Waals surface area contributed by atoms with E-state index in [0.717, 1.165) is 38.2 Å². The number of amides is 4. The molecule has 1 atom stereocenters. The lowest BCUT2D eigenvalue weighted by molar-refractivity contribution is -0.136. The summed E-state index contributed by atoms with van der Waals surface area (Å²) in [5, 5.41) is 5.59. The number of likely N-dealkylation sites (tertiary alicyclic amines) is 1. The van der Waals surface area contributed by atoms with Crippen LogP contribution in [0, 0.1) is 5.41 Å². The summed E-state index contributed by atoms with van der Waals surface area (Å²) in [4.78, 5) is 52.6. The van der Waals surface area contributed by atoms with Crippen molar-refractivity contribution < 1.29 is 19.2 Å². The third kappa shape index (κ3) is 2.63. The molecule has 4 aliphatic rings. The fraction of sp³-hybridized carbons (Fsp3) is 0.500. The fourth-order valence-electron chi connectivity index (χ4n) is 4.77. The average molecular weight is 382 g/mol. The largest absolute Gasteiger partial charge is 0.338 e. The molecule has 0 radical (unpaired) electrons. The topological polar surface area (TPSA) is 98.8 Å². The van der Waals surface area contributed by atoms with E-state index >= 15 is 0 Å². The Bertz CT molecular complexity index is 907. The SMILES string of the molecule is O=C1CCC(N2Cc3cc(C(=O)N4CCC5(CNC5)C4)ccc3C2=O)C(=O)N1. The van der Waals surface area contributed by atoms with Crippen LogP contribution in [0.5, 0.6) is 0 Å². The van der Waals surface area contributed by atoms with Gasteiger partial charge in [0.1, 0.15) is 6.04 Å². The van der Waals surface area contributed by atoms with Crippen LogP contribution in [0.1, 0.15) is 45.5 Å². The first kappa shape index (κ1) is 17.4. The second-order valence-electron chi connectivity index (χ2n) is 8.35. The monoisotopic (exact) mass is 382 g/mol. The molecular formula is C20H22N4O4. The summed E-state index contributed by atoms with van der Waals surface area (Å²) in [6, 6.07) is 4.54. The highest BCUT2D eigenvalue weighted by atomic mass is 16.2. The molecule has 28 heavy (non-hydrogen) atoms. The Balaban J connectivity index is 1.34. The molecule has 3 fully saturated rings. The molecule has 1 aromatic rings. The fourth-order valence-corrected chi connectivity index (χ4v) is 4.77. The maximum Gasteiger partial charge on any atom is 0.255 e. The minimum absolute atomic E-state index is 0.00141. The standard InChI is InChI=1S/C20H22N4O4/c25-16-4-3-15(17(26)22-16)24-8-13-7-12(1-2-14(13)19(24)28)18(27)23-6-5-20(11-23)9-21-10-20/h1-2,7,15,21H,3-6,8-11H2,(H,22,25,26). The minimum atomic E-state index is -0.638. The number of fused-ring (bicyclic) bond motifs is 1. The Kier molecular flexibility index (Phi) is 3.80. The Labute approximate surface area is 162 Å². The summed E-state index contributed by atoms with van der Waals surface area (Å²) < 4.78 is 0. The summed E-state index contributed by atoms with van der Waals surface area (Å²) in [7, 11) is 0. The van der Waals surface area contributed by atoms with E-state index in [2.05, 4.69) is 10.6 Å². The van der Waals surface area contributed by atoms with Crippen molar-refractivity contribution in [1.29, 1.82) is 0 Å². The minimum Gasteiger partial charge on any atom is -0.338 e. The molecule has 4 aliphatic heterocycles. The van der Waals surface area contributed by atoms with Gasteiger partial charge >= 0.3 is 0 Å². The number of nitrogens with zero attached hydrogens (tertiary/aromatic N) is 2. The second-order valence-corrected chi connectivity index (χ2v) is 8.35. The average Bonchev–Trinajstić information content (AvgIpc) is 3.24. The van der Waals surface area contributed by atoms with Gasteiger partial charge in [0.25, 0.3) is 11.8 Å². The first-order valence-corrected chi connectivity index (χ1v) is 9.73. The van der Waals surface area contributed by atoms with Crippen molar-refractivity contribution in [2.75, 3.05) is 26.2 Å². The molecule has 1 spiro atoms. The molecule has 5 rings (SSSR count). The maximum absolute atomic E-state index is 12.9. The molecule has 4 amide bonds. The van der Waals surface area contributed by atoms with Crippen molar-refractivity contribution in [3.05, 3.63) is 34.9 Å². The lowest BCUT2D eigenvalue weighted by Gasteiger charge is -2.39.